The topological polar surface area (TPSA) is 69.2 Å². The van der Waals surface area contributed by atoms with Crippen molar-refractivity contribution in [2.75, 3.05) is 13.1 Å². The van der Waals surface area contributed by atoms with Crippen molar-refractivity contribution in [3.05, 3.63) is 5.21 Å². The Bertz CT molecular complexity index is 490. The first-order chi connectivity index (χ1) is 12.6. The summed E-state index contributed by atoms with van der Waals surface area (Å²) in [7, 11) is 0. The Morgan fingerprint density at radius 2 is 1.65 bits per heavy atom. The molecule has 3 saturated carbocycles. The molecule has 26 heavy (non-hydrogen) atoms. The van der Waals surface area contributed by atoms with E-state index in [0.29, 0.717) is 25.2 Å². The zero-order valence-corrected chi connectivity index (χ0v) is 16.1. The van der Waals surface area contributed by atoms with Gasteiger partial charge >= 0.3 is 0 Å². The van der Waals surface area contributed by atoms with E-state index in [1.54, 1.807) is 4.90 Å². The number of fused-ring (bicyclic) bond motifs is 3. The van der Waals surface area contributed by atoms with Crippen LogP contribution in [-0.4, -0.2) is 36.2 Å². The van der Waals surface area contributed by atoms with Crippen LogP contribution in [0.4, 0.5) is 0 Å². The maximum atomic E-state index is 12.9. The van der Waals surface area contributed by atoms with Crippen molar-refractivity contribution in [1.29, 1.82) is 0 Å². The molecule has 5 nitrogen and oxygen atoms in total. The lowest BCUT2D eigenvalue weighted by atomic mass is 9.61. The van der Waals surface area contributed by atoms with Crippen molar-refractivity contribution < 1.29 is 20.1 Å². The van der Waals surface area contributed by atoms with E-state index in [9.17, 15) is 10.0 Å². The van der Waals surface area contributed by atoms with Crippen molar-refractivity contribution in [2.24, 2.45) is 23.7 Å². The van der Waals surface area contributed by atoms with Gasteiger partial charge in [-0.2, -0.15) is 0 Å². The molecule has 1 saturated heterocycles. The Kier molecular flexibility index (Phi) is 5.99. The fraction of sp³-hybridized carbons (Fsp3) is 0.952. The van der Waals surface area contributed by atoms with Crippen molar-refractivity contribution in [2.45, 2.75) is 89.1 Å². The molecule has 0 aromatic rings. The molecule has 0 amide bonds. The average molecular weight is 366 g/mol. The van der Waals surface area contributed by atoms with Gasteiger partial charge in [-0.15, -0.1) is 0 Å². The van der Waals surface area contributed by atoms with Gasteiger partial charge in [0.25, 0.3) is 0 Å². The highest BCUT2D eigenvalue weighted by Crippen LogP contribution is 2.45. The summed E-state index contributed by atoms with van der Waals surface area (Å²) in [6.07, 6.45) is 14.1. The number of quaternary nitrogens is 2. The summed E-state index contributed by atoms with van der Waals surface area (Å²) in [5, 5.41) is 19.6. The molecule has 1 heterocycles. The minimum Gasteiger partial charge on any atom is -0.600 e. The number of hydroxylamine groups is 2. The van der Waals surface area contributed by atoms with E-state index in [4.69, 9.17) is 5.21 Å². The predicted octanol–water partition coefficient (Wildman–Crippen LogP) is 1.15. The third kappa shape index (κ3) is 3.87. The molecule has 5 heteroatoms. The molecular formula is C21H37N2O3+. The average Bonchev–Trinajstić information content (AvgIpc) is 2.68. The number of carbonyl (C=O) groups is 1. The molecule has 6 atom stereocenters. The normalized spacial score (nSPS) is 44.6. The predicted molar refractivity (Wildman–Crippen MR) is 98.8 cm³/mol. The van der Waals surface area contributed by atoms with Crippen LogP contribution in [0.3, 0.4) is 0 Å². The highest BCUT2D eigenvalue weighted by molar-refractivity contribution is 5.82. The molecule has 0 spiro atoms. The van der Waals surface area contributed by atoms with Gasteiger partial charge in [0.1, 0.15) is 12.6 Å². The number of nitrogens with one attached hydrogen (secondary N) is 2. The zero-order valence-electron chi connectivity index (χ0n) is 16.1. The van der Waals surface area contributed by atoms with Gasteiger partial charge in [-0.25, -0.2) is 10.4 Å². The minimum absolute atomic E-state index is 0.129. The van der Waals surface area contributed by atoms with Crippen LogP contribution < -0.4 is 10.1 Å². The van der Waals surface area contributed by atoms with Crippen molar-refractivity contribution in [1.82, 2.24) is 0 Å². The molecule has 3 aliphatic carbocycles. The summed E-state index contributed by atoms with van der Waals surface area (Å²) in [5.74, 6) is 3.35. The molecule has 0 aromatic heterocycles. The SMILES string of the molecule is O=C(C[NH+]1CCCC2C3CCCCC3CCC21)C1CCC([NH+]([O-])O)CC1. The first kappa shape index (κ1) is 18.9. The second-order valence-corrected chi connectivity index (χ2v) is 9.64. The number of hydrogen-bond acceptors (Lipinski definition) is 3. The van der Waals surface area contributed by atoms with Gasteiger partial charge in [-0.1, -0.05) is 19.3 Å². The maximum Gasteiger partial charge on any atom is 0.189 e. The second kappa shape index (κ2) is 8.26. The number of likely N-dealkylation sites (tertiary alicyclic amines) is 1. The van der Waals surface area contributed by atoms with Gasteiger partial charge < -0.3 is 10.1 Å². The van der Waals surface area contributed by atoms with Crippen LogP contribution in [0.25, 0.3) is 0 Å². The lowest BCUT2D eigenvalue weighted by molar-refractivity contribution is -1.07. The van der Waals surface area contributed by atoms with Gasteiger partial charge in [0.15, 0.2) is 5.78 Å². The van der Waals surface area contributed by atoms with Crippen LogP contribution in [0.2, 0.25) is 0 Å². The summed E-state index contributed by atoms with van der Waals surface area (Å²) < 4.78 is 0. The van der Waals surface area contributed by atoms with E-state index in [2.05, 4.69) is 0 Å². The van der Waals surface area contributed by atoms with Crippen LogP contribution in [-0.2, 0) is 4.79 Å². The largest absolute Gasteiger partial charge is 0.600 e. The molecule has 0 aromatic carbocycles. The molecule has 0 radical (unpaired) electrons. The van der Waals surface area contributed by atoms with Crippen LogP contribution >= 0.6 is 0 Å². The third-order valence-electron chi connectivity index (χ3n) is 8.38. The highest BCUT2D eigenvalue weighted by atomic mass is 16.8. The summed E-state index contributed by atoms with van der Waals surface area (Å²) in [4.78, 5) is 14.5. The summed E-state index contributed by atoms with van der Waals surface area (Å²) >= 11 is 0. The molecule has 4 rings (SSSR count). The number of carbonyl (C=O) groups excluding carboxylic acids is 1. The smallest absolute Gasteiger partial charge is 0.189 e. The molecule has 148 valence electrons. The number of hydrogen-bond donors (Lipinski definition) is 3. The van der Waals surface area contributed by atoms with E-state index in [1.807, 2.05) is 0 Å². The van der Waals surface area contributed by atoms with Gasteiger partial charge in [-0.3, -0.25) is 4.79 Å². The third-order valence-corrected chi connectivity index (χ3v) is 8.38. The van der Waals surface area contributed by atoms with Crippen LogP contribution in [0, 0.1) is 28.9 Å². The van der Waals surface area contributed by atoms with E-state index >= 15 is 0 Å². The molecule has 4 aliphatic rings. The highest BCUT2D eigenvalue weighted by Gasteiger charge is 2.47. The Balaban J connectivity index is 1.34. The van der Waals surface area contributed by atoms with Gasteiger partial charge in [0.2, 0.25) is 0 Å². The maximum absolute atomic E-state index is 12.9. The van der Waals surface area contributed by atoms with Gasteiger partial charge in [-0.05, 0) is 56.8 Å². The van der Waals surface area contributed by atoms with E-state index in [-0.39, 0.29) is 12.0 Å². The van der Waals surface area contributed by atoms with E-state index in [1.165, 1.54) is 57.9 Å². The van der Waals surface area contributed by atoms with Gasteiger partial charge in [0.05, 0.1) is 12.6 Å². The Hall–Kier alpha value is -0.490. The molecule has 6 unspecified atom stereocenters. The van der Waals surface area contributed by atoms with Crippen LogP contribution in [0.1, 0.15) is 77.0 Å². The summed E-state index contributed by atoms with van der Waals surface area (Å²) in [6, 6.07) is 0.509. The number of Topliss-reactive ketones (excluding diaryl/α,β-unsaturated/α-hetero) is 1. The van der Waals surface area contributed by atoms with Gasteiger partial charge in [0, 0.05) is 24.7 Å². The standard InChI is InChI=1S/C21H36N2O3/c24-21(16-7-10-17(11-8-16)23(25)26)14-22-13-3-6-19-18-5-2-1-4-15(18)9-12-20(19)22/h15-20,23,25H,1-14H2/p+1. The first-order valence-corrected chi connectivity index (χ1v) is 11.2. The fourth-order valence-electron chi connectivity index (χ4n) is 6.99. The molecular weight excluding hydrogens is 328 g/mol. The first-order valence-electron chi connectivity index (χ1n) is 11.2. The molecule has 0 bridgehead atoms. The van der Waals surface area contributed by atoms with Crippen molar-refractivity contribution in [3.63, 3.8) is 0 Å². The van der Waals surface area contributed by atoms with Crippen molar-refractivity contribution in [3.8, 4) is 0 Å². The van der Waals surface area contributed by atoms with Crippen LogP contribution in [0.15, 0.2) is 0 Å². The Morgan fingerprint density at radius 1 is 0.923 bits per heavy atom. The Labute approximate surface area is 157 Å². The van der Waals surface area contributed by atoms with Crippen molar-refractivity contribution >= 4 is 5.78 Å². The minimum atomic E-state index is -0.676. The van der Waals surface area contributed by atoms with Crippen LogP contribution in [0.5, 0.6) is 0 Å². The lowest BCUT2D eigenvalue weighted by Gasteiger charge is -2.50. The summed E-state index contributed by atoms with van der Waals surface area (Å²) in [5.41, 5.74) is 0. The Morgan fingerprint density at radius 3 is 2.42 bits per heavy atom. The second-order valence-electron chi connectivity index (χ2n) is 9.64. The number of rotatable bonds is 4. The van der Waals surface area contributed by atoms with E-state index < -0.39 is 5.23 Å². The fourth-order valence-corrected chi connectivity index (χ4v) is 6.99. The monoisotopic (exact) mass is 365 g/mol. The quantitative estimate of drug-likeness (QED) is 0.655. The molecule has 3 N–H and O–H groups in total. The summed E-state index contributed by atoms with van der Waals surface area (Å²) in [6.45, 7) is 1.88. The van der Waals surface area contributed by atoms with E-state index in [0.717, 1.165) is 36.6 Å². The number of piperidine rings is 1. The zero-order chi connectivity index (χ0) is 18.1. The molecule has 1 aliphatic heterocycles. The number of ketones is 1. The molecule has 4 fully saturated rings. The lowest BCUT2D eigenvalue weighted by Crippen LogP contribution is -3.18.